The van der Waals surface area contributed by atoms with E-state index in [0.717, 1.165) is 16.7 Å². The number of rotatable bonds is 5. The standard InChI is InChI=1S/C11H15N3O3/c1-16-10(17-2)6-12-7-3-4-8-9(5-7)14-11(15)13-8/h3-5,10,12H,6H2,1-2H3,(H2,13,14,15). The van der Waals surface area contributed by atoms with Gasteiger partial charge in [-0.1, -0.05) is 0 Å². The van der Waals surface area contributed by atoms with Crippen LogP contribution < -0.4 is 11.0 Å². The number of nitrogens with one attached hydrogen (secondary N) is 3. The number of anilines is 1. The second kappa shape index (κ2) is 5.03. The van der Waals surface area contributed by atoms with E-state index in [9.17, 15) is 4.79 Å². The SMILES string of the molecule is COC(CNc1ccc2[nH]c(=O)[nH]c2c1)OC. The third-order valence-electron chi connectivity index (χ3n) is 2.51. The van der Waals surface area contributed by atoms with E-state index < -0.39 is 0 Å². The van der Waals surface area contributed by atoms with Crippen LogP contribution in [0.25, 0.3) is 11.0 Å². The van der Waals surface area contributed by atoms with Gasteiger partial charge in [-0.05, 0) is 18.2 Å². The fourth-order valence-electron chi connectivity index (χ4n) is 1.61. The maximum Gasteiger partial charge on any atom is 0.323 e. The van der Waals surface area contributed by atoms with E-state index in [4.69, 9.17) is 9.47 Å². The van der Waals surface area contributed by atoms with Crippen LogP contribution in [0.3, 0.4) is 0 Å². The molecule has 2 aromatic rings. The minimum atomic E-state index is -0.295. The minimum Gasteiger partial charge on any atom is -0.380 e. The summed E-state index contributed by atoms with van der Waals surface area (Å²) in [5, 5.41) is 3.16. The molecule has 0 saturated carbocycles. The Hall–Kier alpha value is -1.79. The summed E-state index contributed by atoms with van der Waals surface area (Å²) in [7, 11) is 3.17. The van der Waals surface area contributed by atoms with Crippen LogP contribution in [0.2, 0.25) is 0 Å². The van der Waals surface area contributed by atoms with E-state index in [2.05, 4.69) is 15.3 Å². The number of hydrogen-bond acceptors (Lipinski definition) is 4. The van der Waals surface area contributed by atoms with Gasteiger partial charge in [0, 0.05) is 19.9 Å². The van der Waals surface area contributed by atoms with Crippen molar-refractivity contribution in [1.82, 2.24) is 9.97 Å². The lowest BCUT2D eigenvalue weighted by atomic mass is 10.3. The van der Waals surface area contributed by atoms with Crippen LogP contribution in [0, 0.1) is 0 Å². The number of methoxy groups -OCH3 is 2. The van der Waals surface area contributed by atoms with Crippen molar-refractivity contribution < 1.29 is 9.47 Å². The van der Waals surface area contributed by atoms with Gasteiger partial charge < -0.3 is 24.8 Å². The highest BCUT2D eigenvalue weighted by Gasteiger charge is 2.05. The third-order valence-corrected chi connectivity index (χ3v) is 2.51. The zero-order valence-corrected chi connectivity index (χ0v) is 9.74. The summed E-state index contributed by atoms with van der Waals surface area (Å²) in [5.74, 6) is 0. The van der Waals surface area contributed by atoms with Crippen LogP contribution >= 0.6 is 0 Å². The summed E-state index contributed by atoms with van der Waals surface area (Å²) in [6.07, 6.45) is -0.295. The van der Waals surface area contributed by atoms with E-state index in [1.165, 1.54) is 0 Å². The monoisotopic (exact) mass is 237 g/mol. The lowest BCUT2D eigenvalue weighted by Crippen LogP contribution is -2.23. The fourth-order valence-corrected chi connectivity index (χ4v) is 1.61. The maximum atomic E-state index is 11.1. The number of benzene rings is 1. The zero-order chi connectivity index (χ0) is 12.3. The molecular weight excluding hydrogens is 222 g/mol. The number of aromatic amines is 2. The number of ether oxygens (including phenoxy) is 2. The number of H-pyrrole nitrogens is 2. The Bertz CT molecular complexity index is 542. The zero-order valence-electron chi connectivity index (χ0n) is 9.74. The van der Waals surface area contributed by atoms with Gasteiger partial charge in [0.05, 0.1) is 17.6 Å². The van der Waals surface area contributed by atoms with E-state index in [1.807, 2.05) is 18.2 Å². The Morgan fingerprint density at radius 3 is 2.65 bits per heavy atom. The largest absolute Gasteiger partial charge is 0.380 e. The van der Waals surface area contributed by atoms with Gasteiger partial charge in [-0.3, -0.25) is 0 Å². The van der Waals surface area contributed by atoms with Crippen molar-refractivity contribution in [2.45, 2.75) is 6.29 Å². The molecule has 0 radical (unpaired) electrons. The normalized spacial score (nSPS) is 11.2. The van der Waals surface area contributed by atoms with Gasteiger partial charge in [-0.15, -0.1) is 0 Å². The molecule has 0 aliphatic rings. The van der Waals surface area contributed by atoms with Gasteiger partial charge in [0.15, 0.2) is 6.29 Å². The van der Waals surface area contributed by atoms with Crippen LogP contribution in [0.1, 0.15) is 0 Å². The Kier molecular flexibility index (Phi) is 3.46. The van der Waals surface area contributed by atoms with Crippen molar-refractivity contribution in [2.75, 3.05) is 26.1 Å². The first-order valence-corrected chi connectivity index (χ1v) is 5.24. The van der Waals surface area contributed by atoms with Gasteiger partial charge in [0.1, 0.15) is 0 Å². The summed E-state index contributed by atoms with van der Waals surface area (Å²) in [6.45, 7) is 0.535. The quantitative estimate of drug-likeness (QED) is 0.675. The molecule has 0 amide bonds. The average molecular weight is 237 g/mol. The predicted molar refractivity (Wildman–Crippen MR) is 65.2 cm³/mol. The molecule has 3 N–H and O–H groups in total. The second-order valence-corrected chi connectivity index (χ2v) is 3.62. The molecule has 1 heterocycles. The molecule has 0 spiro atoms. The third kappa shape index (κ3) is 2.66. The van der Waals surface area contributed by atoms with Gasteiger partial charge >= 0.3 is 5.69 Å². The van der Waals surface area contributed by atoms with Crippen molar-refractivity contribution in [3.05, 3.63) is 28.7 Å². The van der Waals surface area contributed by atoms with E-state index in [0.29, 0.717) is 6.54 Å². The molecule has 17 heavy (non-hydrogen) atoms. The highest BCUT2D eigenvalue weighted by molar-refractivity contribution is 5.78. The van der Waals surface area contributed by atoms with Gasteiger partial charge in [0.25, 0.3) is 0 Å². The Balaban J connectivity index is 2.11. The molecule has 0 saturated heterocycles. The first-order chi connectivity index (χ1) is 8.22. The topological polar surface area (TPSA) is 79.1 Å². The lowest BCUT2D eigenvalue weighted by molar-refractivity contribution is -0.0914. The molecule has 0 atom stereocenters. The minimum absolute atomic E-state index is 0.205. The van der Waals surface area contributed by atoms with E-state index >= 15 is 0 Å². The molecule has 0 bridgehead atoms. The molecule has 0 aliphatic carbocycles. The highest BCUT2D eigenvalue weighted by atomic mass is 16.7. The average Bonchev–Trinajstić information content (AvgIpc) is 2.69. The Labute approximate surface area is 97.9 Å². The first kappa shape index (κ1) is 11.7. The van der Waals surface area contributed by atoms with Crippen LogP contribution in [-0.4, -0.2) is 37.0 Å². The number of aromatic nitrogens is 2. The molecule has 6 heteroatoms. The predicted octanol–water partition coefficient (Wildman–Crippen LogP) is 0.887. The Morgan fingerprint density at radius 1 is 1.24 bits per heavy atom. The number of hydrogen-bond donors (Lipinski definition) is 3. The smallest absolute Gasteiger partial charge is 0.323 e. The molecule has 0 unspecified atom stereocenters. The molecule has 92 valence electrons. The number of imidazole rings is 1. The van der Waals surface area contributed by atoms with Crippen molar-refractivity contribution in [3.8, 4) is 0 Å². The molecule has 0 aliphatic heterocycles. The van der Waals surface area contributed by atoms with Crippen LogP contribution in [-0.2, 0) is 9.47 Å². The van der Waals surface area contributed by atoms with Crippen molar-refractivity contribution in [2.24, 2.45) is 0 Å². The van der Waals surface area contributed by atoms with Crippen LogP contribution in [0.5, 0.6) is 0 Å². The Morgan fingerprint density at radius 2 is 1.94 bits per heavy atom. The molecule has 1 aromatic heterocycles. The van der Waals surface area contributed by atoms with Gasteiger partial charge in [0.2, 0.25) is 0 Å². The summed E-state index contributed by atoms with van der Waals surface area (Å²) < 4.78 is 10.1. The highest BCUT2D eigenvalue weighted by Crippen LogP contribution is 2.14. The molecule has 6 nitrogen and oxygen atoms in total. The van der Waals surface area contributed by atoms with Crippen molar-refractivity contribution in [3.63, 3.8) is 0 Å². The summed E-state index contributed by atoms with van der Waals surface area (Å²) in [5.41, 5.74) is 2.25. The second-order valence-electron chi connectivity index (χ2n) is 3.62. The molecule has 1 aromatic carbocycles. The van der Waals surface area contributed by atoms with Crippen LogP contribution in [0.4, 0.5) is 5.69 Å². The van der Waals surface area contributed by atoms with Gasteiger partial charge in [-0.25, -0.2) is 4.79 Å². The fraction of sp³-hybridized carbons (Fsp3) is 0.364. The van der Waals surface area contributed by atoms with Crippen molar-refractivity contribution in [1.29, 1.82) is 0 Å². The van der Waals surface area contributed by atoms with E-state index in [1.54, 1.807) is 14.2 Å². The summed E-state index contributed by atoms with van der Waals surface area (Å²) in [4.78, 5) is 16.5. The van der Waals surface area contributed by atoms with Crippen molar-refractivity contribution >= 4 is 16.7 Å². The first-order valence-electron chi connectivity index (χ1n) is 5.24. The molecule has 0 fully saturated rings. The number of fused-ring (bicyclic) bond motifs is 1. The maximum absolute atomic E-state index is 11.1. The summed E-state index contributed by atoms with van der Waals surface area (Å²) in [6, 6.07) is 5.58. The van der Waals surface area contributed by atoms with Crippen LogP contribution in [0.15, 0.2) is 23.0 Å². The van der Waals surface area contributed by atoms with E-state index in [-0.39, 0.29) is 12.0 Å². The molecule has 2 rings (SSSR count). The summed E-state index contributed by atoms with van der Waals surface area (Å²) >= 11 is 0. The lowest BCUT2D eigenvalue weighted by Gasteiger charge is -2.14. The van der Waals surface area contributed by atoms with Gasteiger partial charge in [-0.2, -0.15) is 0 Å². The molecular formula is C11H15N3O3.